The van der Waals surface area contributed by atoms with Crippen molar-refractivity contribution in [2.24, 2.45) is 5.92 Å². The number of hydrogen-bond acceptors (Lipinski definition) is 4. The molecule has 0 spiro atoms. The van der Waals surface area contributed by atoms with Crippen LogP contribution in [0.4, 0.5) is 0 Å². The number of nitrogens with one attached hydrogen (secondary N) is 2. The van der Waals surface area contributed by atoms with Gasteiger partial charge in [0.15, 0.2) is 0 Å². The van der Waals surface area contributed by atoms with E-state index >= 15 is 0 Å². The van der Waals surface area contributed by atoms with Gasteiger partial charge in [-0.05, 0) is 17.2 Å². The fourth-order valence-corrected chi connectivity index (χ4v) is 2.24. The minimum atomic E-state index is -0.701. The summed E-state index contributed by atoms with van der Waals surface area (Å²) in [5.74, 6) is -0.710. The molecule has 2 atom stereocenters. The first kappa shape index (κ1) is 13.3. The van der Waals surface area contributed by atoms with Gasteiger partial charge in [-0.3, -0.25) is 20.0 Å². The molecule has 2 aromatic rings. The fourth-order valence-electron chi connectivity index (χ4n) is 2.24. The summed E-state index contributed by atoms with van der Waals surface area (Å²) in [6, 6.07) is 8.87. The SMILES string of the molecule is O=C(NCc1ccc(-c2ccn[nH]2)cc1)[C@H]1C[C@@H]1[N+](=O)[O-]. The number of amides is 1. The van der Waals surface area contributed by atoms with Gasteiger partial charge in [0.25, 0.3) is 0 Å². The molecule has 0 saturated heterocycles. The zero-order chi connectivity index (χ0) is 14.8. The third-order valence-electron chi connectivity index (χ3n) is 3.60. The second-order valence-corrected chi connectivity index (χ2v) is 5.08. The van der Waals surface area contributed by atoms with E-state index in [9.17, 15) is 14.9 Å². The summed E-state index contributed by atoms with van der Waals surface area (Å²) in [4.78, 5) is 21.9. The molecule has 21 heavy (non-hydrogen) atoms. The molecule has 0 bridgehead atoms. The van der Waals surface area contributed by atoms with Gasteiger partial charge in [0.05, 0.1) is 5.69 Å². The van der Waals surface area contributed by atoms with Crippen molar-refractivity contribution in [2.45, 2.75) is 19.0 Å². The largest absolute Gasteiger partial charge is 0.352 e. The Bertz CT molecular complexity index is 651. The molecular formula is C14H14N4O3. The predicted molar refractivity (Wildman–Crippen MR) is 74.8 cm³/mol. The number of aromatic amines is 1. The van der Waals surface area contributed by atoms with Gasteiger partial charge in [-0.1, -0.05) is 24.3 Å². The summed E-state index contributed by atoms with van der Waals surface area (Å²) >= 11 is 0. The van der Waals surface area contributed by atoms with E-state index < -0.39 is 12.0 Å². The lowest BCUT2D eigenvalue weighted by Crippen LogP contribution is -2.26. The number of benzene rings is 1. The molecule has 2 N–H and O–H groups in total. The lowest BCUT2D eigenvalue weighted by molar-refractivity contribution is -0.497. The highest BCUT2D eigenvalue weighted by Crippen LogP contribution is 2.33. The Morgan fingerprint density at radius 1 is 1.38 bits per heavy atom. The van der Waals surface area contributed by atoms with E-state index in [-0.39, 0.29) is 10.8 Å². The molecule has 3 rings (SSSR count). The molecule has 1 fully saturated rings. The van der Waals surface area contributed by atoms with E-state index in [1.54, 1.807) is 6.20 Å². The highest BCUT2D eigenvalue weighted by molar-refractivity contribution is 5.81. The first-order valence-corrected chi connectivity index (χ1v) is 6.65. The van der Waals surface area contributed by atoms with E-state index in [0.29, 0.717) is 13.0 Å². The number of carbonyl (C=O) groups excluding carboxylic acids is 1. The summed E-state index contributed by atoms with van der Waals surface area (Å²) in [7, 11) is 0. The second kappa shape index (κ2) is 5.35. The maximum absolute atomic E-state index is 11.7. The van der Waals surface area contributed by atoms with Crippen molar-refractivity contribution in [2.75, 3.05) is 0 Å². The van der Waals surface area contributed by atoms with Crippen molar-refractivity contribution < 1.29 is 9.72 Å². The van der Waals surface area contributed by atoms with Crippen LogP contribution in [0.1, 0.15) is 12.0 Å². The Kier molecular flexibility index (Phi) is 3.39. The van der Waals surface area contributed by atoms with Crippen molar-refractivity contribution >= 4 is 5.91 Å². The summed E-state index contributed by atoms with van der Waals surface area (Å²) in [5, 5.41) is 20.0. The predicted octanol–water partition coefficient (Wildman–Crippen LogP) is 1.36. The van der Waals surface area contributed by atoms with Gasteiger partial charge in [0.2, 0.25) is 11.9 Å². The molecule has 1 aliphatic carbocycles. The Morgan fingerprint density at radius 2 is 2.14 bits per heavy atom. The summed E-state index contributed by atoms with van der Waals surface area (Å²) in [5.41, 5.74) is 2.89. The lowest BCUT2D eigenvalue weighted by atomic mass is 10.1. The molecule has 1 saturated carbocycles. The molecule has 108 valence electrons. The van der Waals surface area contributed by atoms with Crippen LogP contribution in [-0.2, 0) is 11.3 Å². The molecule has 7 nitrogen and oxygen atoms in total. The first-order chi connectivity index (χ1) is 10.1. The van der Waals surface area contributed by atoms with Crippen LogP contribution in [0.25, 0.3) is 11.3 Å². The van der Waals surface area contributed by atoms with Crippen LogP contribution >= 0.6 is 0 Å². The molecule has 1 amide bonds. The van der Waals surface area contributed by atoms with Crippen LogP contribution in [0.5, 0.6) is 0 Å². The average molecular weight is 286 g/mol. The fraction of sp³-hybridized carbons (Fsp3) is 0.286. The Balaban J connectivity index is 1.54. The van der Waals surface area contributed by atoms with Gasteiger partial charge in [-0.2, -0.15) is 5.10 Å². The van der Waals surface area contributed by atoms with Gasteiger partial charge in [-0.25, -0.2) is 0 Å². The monoisotopic (exact) mass is 286 g/mol. The Hall–Kier alpha value is -2.70. The molecule has 0 aliphatic heterocycles. The van der Waals surface area contributed by atoms with E-state index in [4.69, 9.17) is 0 Å². The van der Waals surface area contributed by atoms with Crippen molar-refractivity contribution in [3.05, 3.63) is 52.2 Å². The van der Waals surface area contributed by atoms with Crippen molar-refractivity contribution in [3.8, 4) is 11.3 Å². The Labute approximate surface area is 120 Å². The highest BCUT2D eigenvalue weighted by atomic mass is 16.6. The quantitative estimate of drug-likeness (QED) is 0.640. The second-order valence-electron chi connectivity index (χ2n) is 5.08. The topological polar surface area (TPSA) is 101 Å². The van der Waals surface area contributed by atoms with E-state index in [1.165, 1.54) is 0 Å². The minimum Gasteiger partial charge on any atom is -0.352 e. The van der Waals surface area contributed by atoms with Crippen molar-refractivity contribution in [1.82, 2.24) is 15.5 Å². The van der Waals surface area contributed by atoms with Gasteiger partial charge < -0.3 is 5.32 Å². The van der Waals surface area contributed by atoms with Gasteiger partial charge in [-0.15, -0.1) is 0 Å². The lowest BCUT2D eigenvalue weighted by Gasteiger charge is -2.05. The van der Waals surface area contributed by atoms with Crippen molar-refractivity contribution in [3.63, 3.8) is 0 Å². The molecule has 7 heteroatoms. The standard InChI is InChI=1S/C14H14N4O3/c19-14(11-7-13(11)18(20)21)15-8-9-1-3-10(4-2-9)12-5-6-16-17-12/h1-6,11,13H,7-8H2,(H,15,19)(H,16,17)/t11-,13-/m0/s1. The third kappa shape index (κ3) is 2.91. The molecule has 0 radical (unpaired) electrons. The summed E-state index contributed by atoms with van der Waals surface area (Å²) < 4.78 is 0. The summed E-state index contributed by atoms with van der Waals surface area (Å²) in [6.07, 6.45) is 2.03. The van der Waals surface area contributed by atoms with E-state index in [1.807, 2.05) is 30.3 Å². The highest BCUT2D eigenvalue weighted by Gasteiger charge is 2.53. The molecule has 1 aliphatic rings. The molecular weight excluding hydrogens is 272 g/mol. The van der Waals surface area contributed by atoms with Crippen LogP contribution in [0.2, 0.25) is 0 Å². The number of rotatable bonds is 5. The number of H-pyrrole nitrogens is 1. The van der Waals surface area contributed by atoms with E-state index in [2.05, 4.69) is 15.5 Å². The smallest absolute Gasteiger partial charge is 0.230 e. The maximum Gasteiger partial charge on any atom is 0.230 e. The van der Waals surface area contributed by atoms with Gasteiger partial charge in [0.1, 0.15) is 5.92 Å². The normalized spacial score (nSPS) is 20.0. The summed E-state index contributed by atoms with van der Waals surface area (Å²) in [6.45, 7) is 0.378. The van der Waals surface area contributed by atoms with Crippen LogP contribution < -0.4 is 5.32 Å². The van der Waals surface area contributed by atoms with E-state index in [0.717, 1.165) is 16.8 Å². The number of carbonyl (C=O) groups is 1. The molecule has 1 heterocycles. The number of aromatic nitrogens is 2. The minimum absolute atomic E-state index is 0.241. The molecule has 1 aromatic carbocycles. The number of hydrogen-bond donors (Lipinski definition) is 2. The number of nitro groups is 1. The van der Waals surface area contributed by atoms with Gasteiger partial charge in [0, 0.05) is 24.1 Å². The molecule has 0 unspecified atom stereocenters. The van der Waals surface area contributed by atoms with Crippen molar-refractivity contribution in [1.29, 1.82) is 0 Å². The van der Waals surface area contributed by atoms with Crippen LogP contribution in [0.3, 0.4) is 0 Å². The Morgan fingerprint density at radius 3 is 2.71 bits per heavy atom. The van der Waals surface area contributed by atoms with Crippen LogP contribution in [0.15, 0.2) is 36.5 Å². The zero-order valence-electron chi connectivity index (χ0n) is 11.2. The van der Waals surface area contributed by atoms with Gasteiger partial charge >= 0.3 is 0 Å². The third-order valence-corrected chi connectivity index (χ3v) is 3.60. The maximum atomic E-state index is 11.7. The van der Waals surface area contributed by atoms with Crippen LogP contribution in [0, 0.1) is 16.0 Å². The number of nitrogens with zero attached hydrogens (tertiary/aromatic N) is 2. The first-order valence-electron chi connectivity index (χ1n) is 6.65. The van der Waals surface area contributed by atoms with Crippen LogP contribution in [-0.4, -0.2) is 27.1 Å². The zero-order valence-corrected chi connectivity index (χ0v) is 11.2. The average Bonchev–Trinajstić information content (AvgIpc) is 3.12. The molecule has 1 aromatic heterocycles.